The van der Waals surface area contributed by atoms with Gasteiger partial charge in [-0.25, -0.2) is 0 Å². The van der Waals surface area contributed by atoms with Gasteiger partial charge < -0.3 is 0 Å². The molecule has 2 fully saturated rings. The van der Waals surface area contributed by atoms with Gasteiger partial charge in [0.1, 0.15) is 0 Å². The van der Waals surface area contributed by atoms with Gasteiger partial charge in [-0.1, -0.05) is 93.6 Å². The zero-order valence-corrected chi connectivity index (χ0v) is 21.2. The Labute approximate surface area is 199 Å². The van der Waals surface area contributed by atoms with Gasteiger partial charge >= 0.3 is 6.18 Å². The van der Waals surface area contributed by atoms with Crippen molar-refractivity contribution in [1.29, 1.82) is 0 Å². The Bertz CT molecular complexity index is 840. The number of hydrogen-bond acceptors (Lipinski definition) is 0. The summed E-state index contributed by atoms with van der Waals surface area (Å²) in [6.45, 7) is 2.36. The highest BCUT2D eigenvalue weighted by Crippen LogP contribution is 2.42. The van der Waals surface area contributed by atoms with E-state index in [0.29, 0.717) is 0 Å². The zero-order valence-electron chi connectivity index (χ0n) is 20.0. The van der Waals surface area contributed by atoms with Crippen LogP contribution in [-0.4, -0.2) is 8.80 Å². The molecule has 0 aromatic heterocycles. The highest BCUT2D eigenvalue weighted by Gasteiger charge is 2.31. The lowest BCUT2D eigenvalue weighted by molar-refractivity contribution is -0.137. The normalized spacial score (nSPS) is 26.3. The van der Waals surface area contributed by atoms with Crippen molar-refractivity contribution < 1.29 is 13.2 Å². The molecule has 2 aliphatic rings. The Hall–Kier alpha value is -1.55. The molecule has 1 heterocycles. The van der Waals surface area contributed by atoms with Gasteiger partial charge in [-0.15, -0.1) is 0 Å². The van der Waals surface area contributed by atoms with Crippen LogP contribution in [0.2, 0.25) is 18.1 Å². The van der Waals surface area contributed by atoms with Crippen molar-refractivity contribution in [2.45, 2.75) is 89.0 Å². The Morgan fingerprint density at radius 1 is 0.758 bits per heavy atom. The molecule has 33 heavy (non-hydrogen) atoms. The molecule has 4 heteroatoms. The smallest absolute Gasteiger partial charge is 0.166 e. The fourth-order valence-corrected chi connectivity index (χ4v) is 9.87. The van der Waals surface area contributed by atoms with Crippen molar-refractivity contribution >= 4 is 8.80 Å². The molecule has 0 unspecified atom stereocenters. The Kier molecular flexibility index (Phi) is 8.37. The molecule has 0 radical (unpaired) electrons. The van der Waals surface area contributed by atoms with Gasteiger partial charge in [-0.05, 0) is 72.3 Å². The molecule has 0 bridgehead atoms. The number of aryl methyl sites for hydroxylation is 1. The minimum Gasteiger partial charge on any atom is -0.166 e. The van der Waals surface area contributed by atoms with E-state index in [4.69, 9.17) is 0 Å². The molecule has 1 saturated carbocycles. The lowest BCUT2D eigenvalue weighted by atomic mass is 9.73. The molecule has 2 aromatic carbocycles. The first-order valence-electron chi connectivity index (χ1n) is 13.2. The monoisotopic (exact) mass is 472 g/mol. The van der Waals surface area contributed by atoms with E-state index in [0.717, 1.165) is 35.3 Å². The molecular formula is C29H39F3Si. The molecule has 0 nitrogen and oxygen atoms in total. The van der Waals surface area contributed by atoms with Crippen molar-refractivity contribution in [1.82, 2.24) is 0 Å². The predicted octanol–water partition coefficient (Wildman–Crippen LogP) is 9.16. The minimum absolute atomic E-state index is 0.356. The van der Waals surface area contributed by atoms with E-state index in [-0.39, 0.29) is 8.80 Å². The van der Waals surface area contributed by atoms with Crippen molar-refractivity contribution in [2.75, 3.05) is 0 Å². The van der Waals surface area contributed by atoms with Gasteiger partial charge in [0.05, 0.1) is 5.56 Å². The Morgan fingerprint density at radius 2 is 1.30 bits per heavy atom. The first-order valence-corrected chi connectivity index (χ1v) is 15.6. The minimum atomic E-state index is -4.28. The van der Waals surface area contributed by atoms with E-state index < -0.39 is 11.7 Å². The van der Waals surface area contributed by atoms with E-state index >= 15 is 0 Å². The lowest BCUT2D eigenvalue weighted by Gasteiger charge is -2.37. The van der Waals surface area contributed by atoms with Crippen LogP contribution in [0.15, 0.2) is 48.5 Å². The number of hydrogen-bond donors (Lipinski definition) is 0. The molecule has 1 saturated heterocycles. The molecule has 0 atom stereocenters. The summed E-state index contributed by atoms with van der Waals surface area (Å²) in [5.41, 5.74) is 2.56. The fraction of sp³-hybridized carbons (Fsp3) is 0.586. The maximum absolute atomic E-state index is 12.8. The van der Waals surface area contributed by atoms with Crippen molar-refractivity contribution in [3.63, 3.8) is 0 Å². The van der Waals surface area contributed by atoms with Crippen LogP contribution < -0.4 is 0 Å². The van der Waals surface area contributed by atoms with E-state index in [9.17, 15) is 13.2 Å². The maximum Gasteiger partial charge on any atom is 0.416 e. The second-order valence-electron chi connectivity index (χ2n) is 10.7. The molecule has 1 aliphatic heterocycles. The summed E-state index contributed by atoms with van der Waals surface area (Å²) in [4.78, 5) is 0. The third-order valence-corrected chi connectivity index (χ3v) is 12.2. The van der Waals surface area contributed by atoms with Crippen molar-refractivity contribution in [3.05, 3.63) is 59.7 Å². The predicted molar refractivity (Wildman–Crippen MR) is 135 cm³/mol. The standard InChI is InChI=1S/C29H39F3Si/c1-2-19-33-20-17-27(18-21-33)25-11-7-23(8-12-25)4-3-22-5-9-24(10-6-22)26-13-15-28(16-14-26)29(30,31)32/h5-6,9-10,13-16,23,25,27,33H,2-4,7-8,11-12,17-21H2,1H3. The zero-order chi connectivity index (χ0) is 23.3. The fourth-order valence-electron chi connectivity index (χ4n) is 6.39. The van der Waals surface area contributed by atoms with Gasteiger partial charge in [0.15, 0.2) is 0 Å². The summed E-state index contributed by atoms with van der Waals surface area (Å²) in [7, 11) is -0.356. The number of rotatable bonds is 7. The van der Waals surface area contributed by atoms with Crippen molar-refractivity contribution in [2.24, 2.45) is 17.8 Å². The Morgan fingerprint density at radius 3 is 1.85 bits per heavy atom. The van der Waals surface area contributed by atoms with Crippen LogP contribution in [0.25, 0.3) is 11.1 Å². The van der Waals surface area contributed by atoms with Crippen LogP contribution in [0.3, 0.4) is 0 Å². The highest BCUT2D eigenvalue weighted by molar-refractivity contribution is 6.58. The SMILES string of the molecule is CCC[SiH]1CCC(C2CCC(CCc3ccc(-c4ccc(C(F)(F)F)cc4)cc3)CC2)CC1. The van der Waals surface area contributed by atoms with Crippen LogP contribution in [0.5, 0.6) is 0 Å². The number of alkyl halides is 3. The summed E-state index contributed by atoms with van der Waals surface area (Å²) in [6, 6.07) is 18.7. The highest BCUT2D eigenvalue weighted by atomic mass is 28.3. The molecule has 4 rings (SSSR count). The third-order valence-electron chi connectivity index (χ3n) is 8.49. The first kappa shape index (κ1) is 24.6. The van der Waals surface area contributed by atoms with E-state index in [2.05, 4.69) is 19.1 Å². The van der Waals surface area contributed by atoms with Gasteiger partial charge in [0, 0.05) is 8.80 Å². The summed E-state index contributed by atoms with van der Waals surface area (Å²) < 4.78 is 38.3. The molecule has 0 spiro atoms. The number of benzene rings is 2. The van der Waals surface area contributed by atoms with E-state index in [1.807, 2.05) is 12.1 Å². The molecule has 180 valence electrons. The van der Waals surface area contributed by atoms with Crippen LogP contribution in [0.4, 0.5) is 13.2 Å². The van der Waals surface area contributed by atoms with E-state index in [1.54, 1.807) is 30.3 Å². The van der Waals surface area contributed by atoms with Crippen LogP contribution >= 0.6 is 0 Å². The Balaban J connectivity index is 1.20. The van der Waals surface area contributed by atoms with Crippen LogP contribution in [0, 0.1) is 17.8 Å². The molecule has 2 aromatic rings. The number of halogens is 3. The third kappa shape index (κ3) is 6.74. The molecule has 0 amide bonds. The largest absolute Gasteiger partial charge is 0.416 e. The summed E-state index contributed by atoms with van der Waals surface area (Å²) >= 11 is 0. The average Bonchev–Trinajstić information content (AvgIpc) is 2.84. The summed E-state index contributed by atoms with van der Waals surface area (Å²) in [5, 5.41) is 0. The topological polar surface area (TPSA) is 0 Å². The average molecular weight is 473 g/mol. The van der Waals surface area contributed by atoms with Crippen LogP contribution in [-0.2, 0) is 12.6 Å². The van der Waals surface area contributed by atoms with Gasteiger partial charge in [0.2, 0.25) is 0 Å². The van der Waals surface area contributed by atoms with Gasteiger partial charge in [-0.2, -0.15) is 13.2 Å². The molecular weight excluding hydrogens is 433 g/mol. The van der Waals surface area contributed by atoms with Gasteiger partial charge in [-0.3, -0.25) is 0 Å². The van der Waals surface area contributed by atoms with Crippen LogP contribution in [0.1, 0.15) is 69.4 Å². The summed E-state index contributed by atoms with van der Waals surface area (Å²) in [5.74, 6) is 2.90. The second kappa shape index (κ2) is 11.2. The first-order chi connectivity index (χ1) is 15.9. The second-order valence-corrected chi connectivity index (χ2v) is 14.1. The van der Waals surface area contributed by atoms with Crippen molar-refractivity contribution in [3.8, 4) is 11.1 Å². The maximum atomic E-state index is 12.8. The molecule has 1 aliphatic carbocycles. The molecule has 0 N–H and O–H groups in total. The van der Waals surface area contributed by atoms with Gasteiger partial charge in [0.25, 0.3) is 0 Å². The lowest BCUT2D eigenvalue weighted by Crippen LogP contribution is -2.28. The summed E-state index contributed by atoms with van der Waals surface area (Å²) in [6.07, 6.45) is 8.28. The van der Waals surface area contributed by atoms with E-state index in [1.165, 1.54) is 69.1 Å². The quantitative estimate of drug-likeness (QED) is 0.352.